The number of halogens is 3. The standard InChI is InChI=1S/C16H23BrCl2O4/c17-16-14(12-22-10-8-20-6-4-18)2-1-3-15(16)13-23-11-9-21-7-5-19/h1-3H,4-13H2. The molecular formula is C16H23BrCl2O4. The van der Waals surface area contributed by atoms with Crippen molar-refractivity contribution in [2.45, 2.75) is 13.2 Å². The monoisotopic (exact) mass is 428 g/mol. The number of hydrogen-bond donors (Lipinski definition) is 0. The van der Waals surface area contributed by atoms with Crippen LogP contribution in [-0.4, -0.2) is 51.4 Å². The smallest absolute Gasteiger partial charge is 0.0729 e. The highest BCUT2D eigenvalue weighted by Gasteiger charge is 2.06. The Labute approximate surface area is 156 Å². The number of rotatable bonds is 14. The van der Waals surface area contributed by atoms with E-state index in [4.69, 9.17) is 42.1 Å². The minimum absolute atomic E-state index is 0.504. The van der Waals surface area contributed by atoms with Crippen LogP contribution in [0.4, 0.5) is 0 Å². The quantitative estimate of drug-likeness (QED) is 0.331. The van der Waals surface area contributed by atoms with Gasteiger partial charge in [-0.25, -0.2) is 0 Å². The van der Waals surface area contributed by atoms with Crippen LogP contribution in [0.3, 0.4) is 0 Å². The minimum atomic E-state index is 0.504. The lowest BCUT2D eigenvalue weighted by Gasteiger charge is -2.11. The van der Waals surface area contributed by atoms with Crippen molar-refractivity contribution in [3.05, 3.63) is 33.8 Å². The summed E-state index contributed by atoms with van der Waals surface area (Å²) < 4.78 is 22.7. The summed E-state index contributed by atoms with van der Waals surface area (Å²) in [4.78, 5) is 0. The van der Waals surface area contributed by atoms with Crippen LogP contribution < -0.4 is 0 Å². The van der Waals surface area contributed by atoms with E-state index in [0.29, 0.717) is 64.6 Å². The van der Waals surface area contributed by atoms with Gasteiger partial charge in [-0.1, -0.05) is 34.1 Å². The fraction of sp³-hybridized carbons (Fsp3) is 0.625. The third-order valence-corrected chi connectivity index (χ3v) is 4.19. The molecule has 0 amide bonds. The van der Waals surface area contributed by atoms with Crippen molar-refractivity contribution in [3.63, 3.8) is 0 Å². The first-order valence-electron chi connectivity index (χ1n) is 7.48. The number of benzene rings is 1. The highest BCUT2D eigenvalue weighted by atomic mass is 79.9. The summed E-state index contributed by atoms with van der Waals surface area (Å²) in [6, 6.07) is 6.05. The predicted octanol–water partition coefficient (Wildman–Crippen LogP) is 3.99. The second-order valence-corrected chi connectivity index (χ2v) is 6.15. The van der Waals surface area contributed by atoms with Crippen LogP contribution in [0.2, 0.25) is 0 Å². The summed E-state index contributed by atoms with van der Waals surface area (Å²) in [6.45, 7) is 4.34. The predicted molar refractivity (Wildman–Crippen MR) is 96.5 cm³/mol. The molecule has 0 unspecified atom stereocenters. The third kappa shape index (κ3) is 9.87. The van der Waals surface area contributed by atoms with Crippen molar-refractivity contribution in [1.29, 1.82) is 0 Å². The van der Waals surface area contributed by atoms with Crippen molar-refractivity contribution in [3.8, 4) is 0 Å². The van der Waals surface area contributed by atoms with Crippen molar-refractivity contribution in [1.82, 2.24) is 0 Å². The molecule has 1 aromatic carbocycles. The maximum Gasteiger partial charge on any atom is 0.0729 e. The molecule has 7 heteroatoms. The molecule has 0 aliphatic rings. The zero-order valence-electron chi connectivity index (χ0n) is 13.1. The molecule has 1 rings (SSSR count). The third-order valence-electron chi connectivity index (χ3n) is 2.86. The highest BCUT2D eigenvalue weighted by molar-refractivity contribution is 9.10. The topological polar surface area (TPSA) is 36.9 Å². The van der Waals surface area contributed by atoms with Gasteiger partial charge in [-0.05, 0) is 11.1 Å². The Morgan fingerprint density at radius 1 is 0.696 bits per heavy atom. The van der Waals surface area contributed by atoms with Crippen molar-refractivity contribution in [2.24, 2.45) is 0 Å². The van der Waals surface area contributed by atoms with Gasteiger partial charge in [-0.3, -0.25) is 0 Å². The van der Waals surface area contributed by atoms with Gasteiger partial charge in [-0.15, -0.1) is 23.2 Å². The summed E-state index contributed by atoms with van der Waals surface area (Å²) in [5, 5.41) is 0. The Morgan fingerprint density at radius 3 is 1.57 bits per heavy atom. The van der Waals surface area contributed by atoms with E-state index in [9.17, 15) is 0 Å². The van der Waals surface area contributed by atoms with Gasteiger partial charge >= 0.3 is 0 Å². The van der Waals surface area contributed by atoms with Crippen LogP contribution >= 0.6 is 39.1 Å². The molecule has 0 saturated heterocycles. The molecule has 0 spiro atoms. The minimum Gasteiger partial charge on any atom is -0.378 e. The highest BCUT2D eigenvalue weighted by Crippen LogP contribution is 2.23. The molecule has 0 N–H and O–H groups in total. The van der Waals surface area contributed by atoms with Gasteiger partial charge < -0.3 is 18.9 Å². The van der Waals surface area contributed by atoms with Crippen molar-refractivity contribution < 1.29 is 18.9 Å². The second-order valence-electron chi connectivity index (χ2n) is 4.60. The zero-order valence-corrected chi connectivity index (χ0v) is 16.2. The number of ether oxygens (including phenoxy) is 4. The molecule has 1 aromatic rings. The van der Waals surface area contributed by atoms with Crippen LogP contribution in [-0.2, 0) is 32.2 Å². The largest absolute Gasteiger partial charge is 0.378 e. The Bertz CT molecular complexity index is 387. The summed E-state index contributed by atoms with van der Waals surface area (Å²) in [5.41, 5.74) is 2.17. The molecule has 4 nitrogen and oxygen atoms in total. The molecule has 0 fully saturated rings. The normalized spacial score (nSPS) is 11.1. The molecule has 0 atom stereocenters. The van der Waals surface area contributed by atoms with Gasteiger partial charge in [0.2, 0.25) is 0 Å². The van der Waals surface area contributed by atoms with E-state index in [-0.39, 0.29) is 0 Å². The van der Waals surface area contributed by atoms with Crippen LogP contribution in [0, 0.1) is 0 Å². The van der Waals surface area contributed by atoms with Gasteiger partial charge in [0.1, 0.15) is 0 Å². The van der Waals surface area contributed by atoms with E-state index in [2.05, 4.69) is 15.9 Å². The lowest BCUT2D eigenvalue weighted by molar-refractivity contribution is 0.0437. The first kappa shape index (κ1) is 21.2. The summed E-state index contributed by atoms with van der Waals surface area (Å²) in [7, 11) is 0. The average molecular weight is 430 g/mol. The Morgan fingerprint density at radius 2 is 1.13 bits per heavy atom. The zero-order chi connectivity index (χ0) is 16.8. The van der Waals surface area contributed by atoms with E-state index >= 15 is 0 Å². The molecule has 132 valence electrons. The van der Waals surface area contributed by atoms with Crippen LogP contribution in [0.25, 0.3) is 0 Å². The summed E-state index contributed by atoms with van der Waals surface area (Å²) in [5.74, 6) is 1.01. The maximum atomic E-state index is 5.60. The number of alkyl halides is 2. The molecular weight excluding hydrogens is 407 g/mol. The van der Waals surface area contributed by atoms with Crippen LogP contribution in [0.1, 0.15) is 11.1 Å². The second kappa shape index (κ2) is 14.5. The van der Waals surface area contributed by atoms with Crippen molar-refractivity contribution in [2.75, 3.05) is 51.4 Å². The van der Waals surface area contributed by atoms with E-state index in [0.717, 1.165) is 15.6 Å². The van der Waals surface area contributed by atoms with Crippen LogP contribution in [0.5, 0.6) is 0 Å². The van der Waals surface area contributed by atoms with Gasteiger partial charge in [0.05, 0.1) is 52.9 Å². The molecule has 23 heavy (non-hydrogen) atoms. The Kier molecular flexibility index (Phi) is 13.3. The molecule has 0 radical (unpaired) electrons. The van der Waals surface area contributed by atoms with Gasteiger partial charge in [-0.2, -0.15) is 0 Å². The first-order chi connectivity index (χ1) is 11.3. The molecule has 0 aliphatic carbocycles. The van der Waals surface area contributed by atoms with Gasteiger partial charge in [0.15, 0.2) is 0 Å². The molecule has 0 aliphatic heterocycles. The SMILES string of the molecule is ClCCOCCOCc1cccc(COCCOCCCl)c1Br. The van der Waals surface area contributed by atoms with E-state index in [1.807, 2.05) is 18.2 Å². The first-order valence-corrected chi connectivity index (χ1v) is 9.35. The number of hydrogen-bond acceptors (Lipinski definition) is 4. The molecule has 0 saturated carbocycles. The lowest BCUT2D eigenvalue weighted by atomic mass is 10.1. The van der Waals surface area contributed by atoms with Gasteiger partial charge in [0, 0.05) is 16.2 Å². The van der Waals surface area contributed by atoms with Gasteiger partial charge in [0.25, 0.3) is 0 Å². The van der Waals surface area contributed by atoms with Crippen LogP contribution in [0.15, 0.2) is 22.7 Å². The fourth-order valence-electron chi connectivity index (χ4n) is 1.77. The van der Waals surface area contributed by atoms with E-state index in [1.54, 1.807) is 0 Å². The molecule has 0 aromatic heterocycles. The molecule has 0 heterocycles. The average Bonchev–Trinajstić information content (AvgIpc) is 2.56. The van der Waals surface area contributed by atoms with Crippen molar-refractivity contribution >= 4 is 39.1 Å². The Hall–Kier alpha value is 0.120. The van der Waals surface area contributed by atoms with E-state index < -0.39 is 0 Å². The summed E-state index contributed by atoms with van der Waals surface area (Å²) >= 11 is 14.7. The van der Waals surface area contributed by atoms with E-state index in [1.165, 1.54) is 0 Å². The Balaban J connectivity index is 2.27. The lowest BCUT2D eigenvalue weighted by Crippen LogP contribution is -2.07. The molecule has 0 bridgehead atoms. The maximum absolute atomic E-state index is 5.60. The fourth-order valence-corrected chi connectivity index (χ4v) is 2.48. The summed E-state index contributed by atoms with van der Waals surface area (Å²) in [6.07, 6.45) is 0.